The fourth-order valence-corrected chi connectivity index (χ4v) is 3.29. The summed E-state index contributed by atoms with van der Waals surface area (Å²) >= 11 is 6.02. The molecule has 2 unspecified atom stereocenters. The number of hydrogen-bond acceptors (Lipinski definition) is 5. The number of carbonyl (C=O) groups excluding carboxylic acids is 2. The van der Waals surface area contributed by atoms with Crippen molar-refractivity contribution in [1.29, 1.82) is 0 Å². The highest BCUT2D eigenvalue weighted by Gasteiger charge is 2.29. The van der Waals surface area contributed by atoms with Gasteiger partial charge in [0.25, 0.3) is 5.91 Å². The van der Waals surface area contributed by atoms with E-state index in [1.807, 2.05) is 38.1 Å². The predicted octanol–water partition coefficient (Wildman–Crippen LogP) is 4.01. The van der Waals surface area contributed by atoms with Gasteiger partial charge in [-0.25, -0.2) is 4.79 Å². The second-order valence-electron chi connectivity index (χ2n) is 7.79. The molecule has 1 amide bonds. The molecule has 2 aromatic rings. The number of fused-ring (bicyclic) bond motifs is 1. The van der Waals surface area contributed by atoms with Gasteiger partial charge in [-0.15, -0.1) is 0 Å². The van der Waals surface area contributed by atoms with Crippen LogP contribution in [0.4, 0.5) is 5.69 Å². The molecule has 0 spiro atoms. The topological polar surface area (TPSA) is 90.7 Å². The molecule has 0 saturated heterocycles. The molecule has 0 aliphatic carbocycles. The van der Waals surface area contributed by atoms with Gasteiger partial charge in [0.1, 0.15) is 17.4 Å². The first-order valence-electron chi connectivity index (χ1n) is 9.49. The molecule has 7 heteroatoms. The van der Waals surface area contributed by atoms with Crippen LogP contribution in [0.2, 0.25) is 5.02 Å². The summed E-state index contributed by atoms with van der Waals surface area (Å²) in [5, 5.41) is 3.43. The molecule has 1 heterocycles. The van der Waals surface area contributed by atoms with Crippen molar-refractivity contribution in [3.8, 4) is 5.75 Å². The number of benzene rings is 2. The van der Waals surface area contributed by atoms with E-state index in [0.717, 1.165) is 12.0 Å². The Balaban J connectivity index is 1.63. The van der Waals surface area contributed by atoms with Gasteiger partial charge in [0, 0.05) is 5.02 Å². The monoisotopic (exact) mass is 416 g/mol. The van der Waals surface area contributed by atoms with Crippen LogP contribution in [0.15, 0.2) is 42.5 Å². The second kappa shape index (κ2) is 8.43. The molecule has 6 nitrogen and oxygen atoms in total. The van der Waals surface area contributed by atoms with Gasteiger partial charge in [0.15, 0.2) is 6.10 Å². The van der Waals surface area contributed by atoms with Gasteiger partial charge in [-0.3, -0.25) is 4.79 Å². The number of rotatable bonds is 6. The Hall–Kier alpha value is -2.57. The van der Waals surface area contributed by atoms with Crippen LogP contribution in [0.3, 0.4) is 0 Å². The minimum atomic E-state index is -0.970. The quantitative estimate of drug-likeness (QED) is 0.694. The third-order valence-electron chi connectivity index (χ3n) is 4.83. The van der Waals surface area contributed by atoms with Gasteiger partial charge in [-0.2, -0.15) is 0 Å². The molecule has 2 atom stereocenters. The Morgan fingerprint density at radius 3 is 2.79 bits per heavy atom. The van der Waals surface area contributed by atoms with Crippen LogP contribution in [0.25, 0.3) is 0 Å². The van der Waals surface area contributed by atoms with Crippen molar-refractivity contribution < 1.29 is 19.1 Å². The lowest BCUT2D eigenvalue weighted by Gasteiger charge is -2.28. The van der Waals surface area contributed by atoms with Crippen LogP contribution in [-0.2, 0) is 20.7 Å². The molecular formula is C22H25ClN2O4. The molecule has 0 radical (unpaired) electrons. The molecule has 0 saturated carbocycles. The molecule has 154 valence electrons. The number of esters is 1. The highest BCUT2D eigenvalue weighted by atomic mass is 35.5. The van der Waals surface area contributed by atoms with E-state index in [-0.39, 0.29) is 5.91 Å². The first-order chi connectivity index (χ1) is 13.6. The van der Waals surface area contributed by atoms with E-state index >= 15 is 0 Å². The minimum absolute atomic E-state index is 0.243. The van der Waals surface area contributed by atoms with Crippen molar-refractivity contribution in [1.82, 2.24) is 0 Å². The molecular weight excluding hydrogens is 392 g/mol. The molecule has 29 heavy (non-hydrogen) atoms. The zero-order valence-electron chi connectivity index (χ0n) is 16.7. The van der Waals surface area contributed by atoms with E-state index in [0.29, 0.717) is 28.4 Å². The molecule has 0 aromatic heterocycles. The first-order valence-corrected chi connectivity index (χ1v) is 9.87. The predicted molar refractivity (Wildman–Crippen MR) is 112 cm³/mol. The average Bonchev–Trinajstić information content (AvgIpc) is 2.66. The molecule has 0 fully saturated rings. The first kappa shape index (κ1) is 21.1. The van der Waals surface area contributed by atoms with Crippen molar-refractivity contribution in [2.75, 3.05) is 5.32 Å². The molecule has 1 aliphatic heterocycles. The van der Waals surface area contributed by atoms with Crippen LogP contribution in [0.5, 0.6) is 5.75 Å². The number of aryl methyl sites for hydroxylation is 1. The normalized spacial score (nSPS) is 17.0. The van der Waals surface area contributed by atoms with E-state index in [4.69, 9.17) is 26.8 Å². The largest absolute Gasteiger partial charge is 0.479 e. The highest BCUT2D eigenvalue weighted by Crippen LogP contribution is 2.32. The summed E-state index contributed by atoms with van der Waals surface area (Å²) in [5.41, 5.74) is 7.53. The Bertz CT molecular complexity index is 929. The zero-order valence-corrected chi connectivity index (χ0v) is 17.5. The summed E-state index contributed by atoms with van der Waals surface area (Å²) in [5.74, 6) is -0.228. The van der Waals surface area contributed by atoms with Gasteiger partial charge in [0.2, 0.25) is 0 Å². The third-order valence-corrected chi connectivity index (χ3v) is 5.06. The second-order valence-corrected chi connectivity index (χ2v) is 8.23. The fourth-order valence-electron chi connectivity index (χ4n) is 3.08. The van der Waals surface area contributed by atoms with Crippen LogP contribution < -0.4 is 15.8 Å². The van der Waals surface area contributed by atoms with Crippen LogP contribution >= 0.6 is 11.6 Å². The number of hydrogen-bond donors (Lipinski definition) is 2. The van der Waals surface area contributed by atoms with Gasteiger partial charge < -0.3 is 20.5 Å². The molecule has 3 rings (SSSR count). The lowest BCUT2D eigenvalue weighted by atomic mass is 9.98. The Morgan fingerprint density at radius 2 is 2.07 bits per heavy atom. The van der Waals surface area contributed by atoms with Crippen molar-refractivity contribution in [2.24, 2.45) is 5.73 Å². The van der Waals surface area contributed by atoms with Crippen LogP contribution in [0, 0.1) is 0 Å². The summed E-state index contributed by atoms with van der Waals surface area (Å²) in [7, 11) is 0. The van der Waals surface area contributed by atoms with Gasteiger partial charge in [0.05, 0.1) is 5.69 Å². The summed E-state index contributed by atoms with van der Waals surface area (Å²) < 4.78 is 11.2. The van der Waals surface area contributed by atoms with E-state index in [1.165, 1.54) is 0 Å². The lowest BCUT2D eigenvalue weighted by molar-refractivity contribution is -0.158. The molecule has 2 aromatic carbocycles. The zero-order chi connectivity index (χ0) is 21.2. The minimum Gasteiger partial charge on any atom is -0.479 e. The third kappa shape index (κ3) is 5.28. The number of carbonyl (C=O) groups is 2. The standard InChI is InChI=1S/C22H25ClN2O4/c1-13-20(26)25-17-12-15(7-8-18(17)28-13)19(24)21(27)29-22(2,3)10-9-14-5-4-6-16(23)11-14/h4-8,11-13,19H,9-10,24H2,1-3H3,(H,25,26). The summed E-state index contributed by atoms with van der Waals surface area (Å²) in [4.78, 5) is 24.4. The van der Waals surface area contributed by atoms with Gasteiger partial charge in [-0.1, -0.05) is 29.8 Å². The van der Waals surface area contributed by atoms with E-state index in [2.05, 4.69) is 5.32 Å². The lowest BCUT2D eigenvalue weighted by Crippen LogP contribution is -2.35. The maximum absolute atomic E-state index is 12.6. The Labute approximate surface area is 175 Å². The van der Waals surface area contributed by atoms with Crippen molar-refractivity contribution in [2.45, 2.75) is 51.4 Å². The highest BCUT2D eigenvalue weighted by molar-refractivity contribution is 6.30. The van der Waals surface area contributed by atoms with Gasteiger partial charge in [-0.05, 0) is 69.0 Å². The smallest absolute Gasteiger partial charge is 0.328 e. The maximum atomic E-state index is 12.6. The number of amides is 1. The molecule has 3 N–H and O–H groups in total. The van der Waals surface area contributed by atoms with E-state index in [1.54, 1.807) is 25.1 Å². The van der Waals surface area contributed by atoms with Crippen molar-refractivity contribution >= 4 is 29.2 Å². The maximum Gasteiger partial charge on any atom is 0.328 e. The number of anilines is 1. The van der Waals surface area contributed by atoms with Crippen molar-refractivity contribution in [3.05, 3.63) is 58.6 Å². The number of nitrogens with two attached hydrogens (primary N) is 1. The van der Waals surface area contributed by atoms with E-state index in [9.17, 15) is 9.59 Å². The summed E-state index contributed by atoms with van der Waals surface area (Å²) in [6.07, 6.45) is 0.779. The average molecular weight is 417 g/mol. The SMILES string of the molecule is CC1Oc2ccc(C(N)C(=O)OC(C)(C)CCc3cccc(Cl)c3)cc2NC1=O. The summed E-state index contributed by atoms with van der Waals surface area (Å²) in [6, 6.07) is 11.7. The fraction of sp³-hybridized carbons (Fsp3) is 0.364. The van der Waals surface area contributed by atoms with Crippen molar-refractivity contribution in [3.63, 3.8) is 0 Å². The van der Waals surface area contributed by atoms with Crippen LogP contribution in [0.1, 0.15) is 44.4 Å². The Morgan fingerprint density at radius 1 is 1.31 bits per heavy atom. The molecule has 1 aliphatic rings. The number of ether oxygens (including phenoxy) is 2. The van der Waals surface area contributed by atoms with E-state index < -0.39 is 23.7 Å². The summed E-state index contributed by atoms with van der Waals surface area (Å²) in [6.45, 7) is 5.37. The van der Waals surface area contributed by atoms with Gasteiger partial charge >= 0.3 is 5.97 Å². The number of nitrogens with one attached hydrogen (secondary N) is 1. The van der Waals surface area contributed by atoms with Crippen LogP contribution in [-0.4, -0.2) is 23.6 Å². The Kier molecular flexibility index (Phi) is 6.15. The molecule has 0 bridgehead atoms. The number of halogens is 1.